The zero-order chi connectivity index (χ0) is 16.9. The van der Waals surface area contributed by atoms with Gasteiger partial charge in [-0.2, -0.15) is 0 Å². The summed E-state index contributed by atoms with van der Waals surface area (Å²) in [5, 5.41) is 4.25. The lowest BCUT2D eigenvalue weighted by Gasteiger charge is -2.12. The van der Waals surface area contributed by atoms with Crippen molar-refractivity contribution in [2.45, 2.75) is 31.8 Å². The van der Waals surface area contributed by atoms with Crippen LogP contribution >= 0.6 is 0 Å². The van der Waals surface area contributed by atoms with Crippen molar-refractivity contribution < 1.29 is 19.1 Å². The topological polar surface area (TPSA) is 77.5 Å². The van der Waals surface area contributed by atoms with Crippen molar-refractivity contribution in [1.29, 1.82) is 0 Å². The fourth-order valence-corrected chi connectivity index (χ4v) is 2.92. The average molecular weight is 328 g/mol. The fraction of sp³-hybridized carbons (Fsp3) is 0.389. The molecule has 24 heavy (non-hydrogen) atoms. The zero-order valence-corrected chi connectivity index (χ0v) is 13.6. The minimum atomic E-state index is -0.449. The van der Waals surface area contributed by atoms with E-state index in [-0.39, 0.29) is 12.0 Å². The molecular weight excluding hydrogens is 308 g/mol. The predicted molar refractivity (Wildman–Crippen MR) is 89.9 cm³/mol. The lowest BCUT2D eigenvalue weighted by Crippen LogP contribution is -2.16. The molecule has 1 aliphatic rings. The standard InChI is InChI=1S/C18H20N2O4/c1-23-18(22)15-11-19-17(14-7-3-2-6-13(14)15)20-16(21)9-8-12-5-4-10-24-12/h2-3,6-7,11-12H,4-5,8-10H2,1H3,(H,19,20,21). The van der Waals surface area contributed by atoms with Crippen LogP contribution in [-0.4, -0.2) is 36.7 Å². The molecule has 1 N–H and O–H groups in total. The van der Waals surface area contributed by atoms with Gasteiger partial charge < -0.3 is 14.8 Å². The van der Waals surface area contributed by atoms with E-state index in [9.17, 15) is 9.59 Å². The van der Waals surface area contributed by atoms with Crippen molar-refractivity contribution in [3.8, 4) is 0 Å². The second kappa shape index (κ2) is 7.40. The highest BCUT2D eigenvalue weighted by Crippen LogP contribution is 2.25. The summed E-state index contributed by atoms with van der Waals surface area (Å²) in [5.74, 6) is -0.0977. The van der Waals surface area contributed by atoms with Crippen LogP contribution in [0.25, 0.3) is 10.8 Å². The third-order valence-corrected chi connectivity index (χ3v) is 4.18. The van der Waals surface area contributed by atoms with Gasteiger partial charge in [0, 0.05) is 30.0 Å². The molecule has 6 nitrogen and oxygen atoms in total. The van der Waals surface area contributed by atoms with Gasteiger partial charge in [-0.1, -0.05) is 24.3 Å². The second-order valence-electron chi connectivity index (χ2n) is 5.78. The van der Waals surface area contributed by atoms with Crippen LogP contribution in [0.15, 0.2) is 30.5 Å². The van der Waals surface area contributed by atoms with Crippen molar-refractivity contribution in [2.75, 3.05) is 19.0 Å². The number of ether oxygens (including phenoxy) is 2. The van der Waals surface area contributed by atoms with Crippen LogP contribution < -0.4 is 5.32 Å². The maximum atomic E-state index is 12.2. The number of pyridine rings is 1. The SMILES string of the molecule is COC(=O)c1cnc(NC(=O)CCC2CCCO2)c2ccccc12. The first-order valence-electron chi connectivity index (χ1n) is 8.06. The first-order chi connectivity index (χ1) is 11.7. The number of carbonyl (C=O) groups is 2. The minimum absolute atomic E-state index is 0.103. The minimum Gasteiger partial charge on any atom is -0.465 e. The maximum Gasteiger partial charge on any atom is 0.340 e. The third-order valence-electron chi connectivity index (χ3n) is 4.18. The van der Waals surface area contributed by atoms with Crippen LogP contribution in [0.4, 0.5) is 5.82 Å². The van der Waals surface area contributed by atoms with E-state index in [1.807, 2.05) is 24.3 Å². The number of aromatic nitrogens is 1. The average Bonchev–Trinajstić information content (AvgIpc) is 3.13. The van der Waals surface area contributed by atoms with Gasteiger partial charge in [0.05, 0.1) is 18.8 Å². The Bertz CT molecular complexity index is 754. The first-order valence-corrected chi connectivity index (χ1v) is 8.06. The molecule has 0 saturated carbocycles. The van der Waals surface area contributed by atoms with Gasteiger partial charge in [-0.05, 0) is 19.3 Å². The molecule has 2 aromatic rings. The zero-order valence-electron chi connectivity index (χ0n) is 13.6. The Kier molecular flexibility index (Phi) is 5.05. The van der Waals surface area contributed by atoms with Gasteiger partial charge in [-0.3, -0.25) is 4.79 Å². The van der Waals surface area contributed by atoms with Crippen molar-refractivity contribution in [3.05, 3.63) is 36.0 Å². The highest BCUT2D eigenvalue weighted by Gasteiger charge is 2.18. The van der Waals surface area contributed by atoms with Gasteiger partial charge in [0.2, 0.25) is 5.91 Å². The molecule has 1 fully saturated rings. The largest absolute Gasteiger partial charge is 0.465 e. The Balaban J connectivity index is 1.77. The Morgan fingerprint density at radius 2 is 2.12 bits per heavy atom. The van der Waals surface area contributed by atoms with E-state index in [0.29, 0.717) is 35.0 Å². The lowest BCUT2D eigenvalue weighted by atomic mass is 10.1. The summed E-state index contributed by atoms with van der Waals surface area (Å²) >= 11 is 0. The Morgan fingerprint density at radius 3 is 2.83 bits per heavy atom. The van der Waals surface area contributed by atoms with E-state index in [2.05, 4.69) is 10.3 Å². The number of nitrogens with zero attached hydrogens (tertiary/aromatic N) is 1. The fourth-order valence-electron chi connectivity index (χ4n) is 2.92. The summed E-state index contributed by atoms with van der Waals surface area (Å²) in [5.41, 5.74) is 0.380. The molecule has 0 aliphatic carbocycles. The van der Waals surface area contributed by atoms with Gasteiger partial charge >= 0.3 is 5.97 Å². The molecule has 3 rings (SSSR count). The molecule has 1 amide bonds. The molecule has 1 saturated heterocycles. The van der Waals surface area contributed by atoms with Crippen LogP contribution in [0.2, 0.25) is 0 Å². The molecule has 1 unspecified atom stereocenters. The molecular formula is C18H20N2O4. The molecule has 1 aromatic heterocycles. The van der Waals surface area contributed by atoms with E-state index in [0.717, 1.165) is 19.4 Å². The van der Waals surface area contributed by atoms with Crippen LogP contribution in [-0.2, 0) is 14.3 Å². The van der Waals surface area contributed by atoms with Crippen LogP contribution in [0.1, 0.15) is 36.0 Å². The second-order valence-corrected chi connectivity index (χ2v) is 5.78. The van der Waals surface area contributed by atoms with Crippen molar-refractivity contribution in [2.24, 2.45) is 0 Å². The van der Waals surface area contributed by atoms with Gasteiger partial charge in [0.25, 0.3) is 0 Å². The maximum absolute atomic E-state index is 12.2. The summed E-state index contributed by atoms with van der Waals surface area (Å²) in [7, 11) is 1.33. The first kappa shape index (κ1) is 16.4. The molecule has 1 aliphatic heterocycles. The van der Waals surface area contributed by atoms with Gasteiger partial charge in [0.15, 0.2) is 0 Å². The van der Waals surface area contributed by atoms with Crippen molar-refractivity contribution in [1.82, 2.24) is 4.98 Å². The number of rotatable bonds is 5. The number of hydrogen-bond acceptors (Lipinski definition) is 5. The summed E-state index contributed by atoms with van der Waals surface area (Å²) in [6, 6.07) is 7.31. The normalized spacial score (nSPS) is 17.0. The number of nitrogens with one attached hydrogen (secondary N) is 1. The van der Waals surface area contributed by atoms with E-state index in [1.165, 1.54) is 13.3 Å². The highest BCUT2D eigenvalue weighted by molar-refractivity contribution is 6.09. The van der Waals surface area contributed by atoms with E-state index in [4.69, 9.17) is 9.47 Å². The Morgan fingerprint density at radius 1 is 1.33 bits per heavy atom. The molecule has 126 valence electrons. The van der Waals surface area contributed by atoms with Crippen LogP contribution in [0.5, 0.6) is 0 Å². The quantitative estimate of drug-likeness (QED) is 0.854. The summed E-state index contributed by atoms with van der Waals surface area (Å²) in [6.07, 6.45) is 4.80. The van der Waals surface area contributed by atoms with Crippen LogP contribution in [0, 0.1) is 0 Å². The summed E-state index contributed by atoms with van der Waals surface area (Å²) in [4.78, 5) is 28.3. The number of anilines is 1. The van der Waals surface area contributed by atoms with E-state index < -0.39 is 5.97 Å². The number of esters is 1. The molecule has 6 heteroatoms. The van der Waals surface area contributed by atoms with Gasteiger partial charge in [-0.25, -0.2) is 9.78 Å². The van der Waals surface area contributed by atoms with Gasteiger partial charge in [0.1, 0.15) is 5.82 Å². The molecule has 1 aromatic carbocycles. The molecule has 0 radical (unpaired) electrons. The summed E-state index contributed by atoms with van der Waals surface area (Å²) in [6.45, 7) is 0.785. The van der Waals surface area contributed by atoms with Crippen LogP contribution in [0.3, 0.4) is 0 Å². The Labute approximate surface area is 140 Å². The molecule has 0 spiro atoms. The van der Waals surface area contributed by atoms with Crippen molar-refractivity contribution in [3.63, 3.8) is 0 Å². The Hall–Kier alpha value is -2.47. The molecule has 0 bridgehead atoms. The number of benzene rings is 1. The van der Waals surface area contributed by atoms with E-state index >= 15 is 0 Å². The predicted octanol–water partition coefficient (Wildman–Crippen LogP) is 2.92. The number of hydrogen-bond donors (Lipinski definition) is 1. The number of amides is 1. The number of fused-ring (bicyclic) bond motifs is 1. The summed E-state index contributed by atoms with van der Waals surface area (Å²) < 4.78 is 10.3. The number of carbonyl (C=O) groups excluding carboxylic acids is 2. The van der Waals surface area contributed by atoms with Gasteiger partial charge in [-0.15, -0.1) is 0 Å². The molecule has 2 heterocycles. The lowest BCUT2D eigenvalue weighted by molar-refractivity contribution is -0.116. The molecule has 1 atom stereocenters. The highest BCUT2D eigenvalue weighted by atomic mass is 16.5. The van der Waals surface area contributed by atoms with E-state index in [1.54, 1.807) is 0 Å². The monoisotopic (exact) mass is 328 g/mol. The van der Waals surface area contributed by atoms with Crippen molar-refractivity contribution >= 4 is 28.5 Å². The third kappa shape index (κ3) is 3.54. The smallest absolute Gasteiger partial charge is 0.340 e. The number of methoxy groups -OCH3 is 1.